The molecule has 0 spiro atoms. The summed E-state index contributed by atoms with van der Waals surface area (Å²) >= 11 is 0. The van der Waals surface area contributed by atoms with Gasteiger partial charge in [0.25, 0.3) is 0 Å². The van der Waals surface area contributed by atoms with Crippen molar-refractivity contribution in [1.29, 1.82) is 0 Å². The molecule has 0 unspecified atom stereocenters. The molecule has 0 atom stereocenters. The van der Waals surface area contributed by atoms with Gasteiger partial charge in [0.05, 0.1) is 19.8 Å². The van der Waals surface area contributed by atoms with E-state index < -0.39 is 7.82 Å². The zero-order valence-corrected chi connectivity index (χ0v) is 19.2. The molecule has 170 valence electrons. The second-order valence-corrected chi connectivity index (χ2v) is 8.39. The van der Waals surface area contributed by atoms with Crippen LogP contribution in [0.3, 0.4) is 0 Å². The van der Waals surface area contributed by atoms with Gasteiger partial charge in [0, 0.05) is 21.3 Å². The van der Waals surface area contributed by atoms with Crippen LogP contribution in [0, 0.1) is 0 Å². The van der Waals surface area contributed by atoms with Crippen LogP contribution in [0.2, 0.25) is 0 Å². The summed E-state index contributed by atoms with van der Waals surface area (Å²) in [5.41, 5.74) is 2.87. The maximum atomic E-state index is 13.6. The Kier molecular flexibility index (Phi) is 8.71. The van der Waals surface area contributed by atoms with Gasteiger partial charge in [0.15, 0.2) is 0 Å². The molecule has 0 bridgehead atoms. The number of hydrogen-bond donors (Lipinski definition) is 0. The summed E-state index contributed by atoms with van der Waals surface area (Å²) in [5.74, 6) is 1.04. The highest BCUT2D eigenvalue weighted by Crippen LogP contribution is 2.49. The van der Waals surface area contributed by atoms with Crippen molar-refractivity contribution >= 4 is 7.82 Å². The Hall–Kier alpha value is -2.83. The van der Waals surface area contributed by atoms with Gasteiger partial charge in [-0.3, -0.25) is 0 Å². The normalized spacial score (nSPS) is 11.2. The molecule has 0 aromatic heterocycles. The first-order valence-electron chi connectivity index (χ1n) is 9.96. The molecule has 0 saturated carbocycles. The number of hydrogen-bond acceptors (Lipinski definition) is 7. The van der Waals surface area contributed by atoms with Crippen molar-refractivity contribution in [2.45, 2.75) is 19.8 Å². The van der Waals surface area contributed by atoms with E-state index in [4.69, 9.17) is 27.8 Å². The van der Waals surface area contributed by atoms with Gasteiger partial charge < -0.3 is 27.8 Å². The van der Waals surface area contributed by atoms with E-state index in [0.29, 0.717) is 37.1 Å². The number of phosphoric ester groups is 1. The van der Waals surface area contributed by atoms with Crippen LogP contribution in [0.25, 0.3) is 0 Å². The number of methoxy groups -OCH3 is 3. The standard InChI is InChI=1S/C24H27O7P/c1-26-16-19-4-10-22(11-5-19)29-32(25,30-23-12-6-20(7-13-23)17-27-2)31-24-14-8-21(9-15-24)18-28-3/h4-15H,16-18H2,1-3H3. The van der Waals surface area contributed by atoms with Crippen molar-refractivity contribution in [1.82, 2.24) is 0 Å². The van der Waals surface area contributed by atoms with E-state index in [9.17, 15) is 4.57 Å². The zero-order valence-electron chi connectivity index (χ0n) is 18.4. The SMILES string of the molecule is COCc1ccc(OP(=O)(Oc2ccc(COC)cc2)Oc2ccc(COC)cc2)cc1. The third-order valence-corrected chi connectivity index (χ3v) is 5.66. The fraction of sp³-hybridized carbons (Fsp3) is 0.250. The Morgan fingerprint density at radius 2 is 0.750 bits per heavy atom. The predicted molar refractivity (Wildman–Crippen MR) is 121 cm³/mol. The number of rotatable bonds is 12. The van der Waals surface area contributed by atoms with E-state index >= 15 is 0 Å². The van der Waals surface area contributed by atoms with Crippen molar-refractivity contribution in [3.63, 3.8) is 0 Å². The monoisotopic (exact) mass is 458 g/mol. The van der Waals surface area contributed by atoms with Gasteiger partial charge in [-0.1, -0.05) is 36.4 Å². The van der Waals surface area contributed by atoms with E-state index in [2.05, 4.69) is 0 Å². The second-order valence-electron chi connectivity index (χ2n) is 6.95. The molecule has 3 rings (SSSR count). The van der Waals surface area contributed by atoms with Crippen molar-refractivity contribution in [2.24, 2.45) is 0 Å². The van der Waals surface area contributed by atoms with Crippen LogP contribution in [0.15, 0.2) is 72.8 Å². The minimum atomic E-state index is -4.07. The summed E-state index contributed by atoms with van der Waals surface area (Å²) in [5, 5.41) is 0. The molecule has 32 heavy (non-hydrogen) atoms. The average molecular weight is 458 g/mol. The lowest BCUT2D eigenvalue weighted by Gasteiger charge is -2.20. The van der Waals surface area contributed by atoms with E-state index in [1.54, 1.807) is 57.7 Å². The van der Waals surface area contributed by atoms with Gasteiger partial charge in [-0.15, -0.1) is 0 Å². The number of phosphoric acid groups is 1. The van der Waals surface area contributed by atoms with E-state index in [1.165, 1.54) is 0 Å². The van der Waals surface area contributed by atoms with E-state index in [1.807, 2.05) is 36.4 Å². The van der Waals surface area contributed by atoms with Crippen molar-refractivity contribution < 1.29 is 32.3 Å². The van der Waals surface area contributed by atoms with Crippen molar-refractivity contribution in [3.8, 4) is 17.2 Å². The molecule has 0 fully saturated rings. The van der Waals surface area contributed by atoms with Gasteiger partial charge in [-0.25, -0.2) is 0 Å². The fourth-order valence-electron chi connectivity index (χ4n) is 2.88. The molecular weight excluding hydrogens is 431 g/mol. The van der Waals surface area contributed by atoms with Crippen LogP contribution in [-0.2, 0) is 38.6 Å². The van der Waals surface area contributed by atoms with Gasteiger partial charge in [0.2, 0.25) is 0 Å². The zero-order chi connectivity index (χ0) is 22.8. The largest absolute Gasteiger partial charge is 0.647 e. The Labute approximate surface area is 188 Å². The Balaban J connectivity index is 1.82. The molecule has 0 radical (unpaired) electrons. The van der Waals surface area contributed by atoms with Gasteiger partial charge >= 0.3 is 7.82 Å². The smallest absolute Gasteiger partial charge is 0.386 e. The van der Waals surface area contributed by atoms with Crippen molar-refractivity contribution in [3.05, 3.63) is 89.5 Å². The van der Waals surface area contributed by atoms with E-state index in [0.717, 1.165) is 16.7 Å². The van der Waals surface area contributed by atoms with Gasteiger partial charge in [0.1, 0.15) is 17.2 Å². The molecule has 0 aliphatic carbocycles. The third kappa shape index (κ3) is 7.11. The molecule has 0 aliphatic rings. The first-order valence-corrected chi connectivity index (χ1v) is 11.4. The van der Waals surface area contributed by atoms with Gasteiger partial charge in [-0.05, 0) is 53.1 Å². The molecule has 3 aromatic rings. The molecule has 7 nitrogen and oxygen atoms in total. The summed E-state index contributed by atoms with van der Waals surface area (Å²) in [6, 6.07) is 21.1. The summed E-state index contributed by atoms with van der Waals surface area (Å²) in [6.45, 7) is 1.39. The molecule has 0 N–H and O–H groups in total. The van der Waals surface area contributed by atoms with Crippen LogP contribution in [-0.4, -0.2) is 21.3 Å². The highest BCUT2D eigenvalue weighted by atomic mass is 31.2. The lowest BCUT2D eigenvalue weighted by molar-refractivity contribution is 0.185. The quantitative estimate of drug-likeness (QED) is 0.319. The maximum absolute atomic E-state index is 13.6. The summed E-state index contributed by atoms with van der Waals surface area (Å²) in [4.78, 5) is 0. The Morgan fingerprint density at radius 1 is 0.500 bits per heavy atom. The molecule has 0 aliphatic heterocycles. The highest BCUT2D eigenvalue weighted by Gasteiger charge is 2.33. The molecule has 0 heterocycles. The molecule has 8 heteroatoms. The molecular formula is C24H27O7P. The van der Waals surface area contributed by atoms with Crippen LogP contribution >= 0.6 is 7.82 Å². The second kappa shape index (κ2) is 11.7. The number of benzene rings is 3. The molecule has 3 aromatic carbocycles. The van der Waals surface area contributed by atoms with E-state index in [-0.39, 0.29) is 0 Å². The summed E-state index contributed by atoms with van der Waals surface area (Å²) in [6.07, 6.45) is 0. The first kappa shape index (κ1) is 23.8. The topological polar surface area (TPSA) is 72.5 Å². The van der Waals surface area contributed by atoms with Crippen molar-refractivity contribution in [2.75, 3.05) is 21.3 Å². The fourth-order valence-corrected chi connectivity index (χ4v) is 4.13. The lowest BCUT2D eigenvalue weighted by Crippen LogP contribution is -2.08. The number of ether oxygens (including phenoxy) is 3. The molecule has 0 saturated heterocycles. The van der Waals surface area contributed by atoms with Crippen LogP contribution in [0.5, 0.6) is 17.2 Å². The highest BCUT2D eigenvalue weighted by molar-refractivity contribution is 7.49. The summed E-state index contributed by atoms with van der Waals surface area (Å²) in [7, 11) is 0.793. The Bertz CT molecular complexity index is 870. The minimum absolute atomic E-state index is 0.347. The maximum Gasteiger partial charge on any atom is 0.647 e. The van der Waals surface area contributed by atoms with Crippen LogP contribution in [0.1, 0.15) is 16.7 Å². The minimum Gasteiger partial charge on any atom is -0.386 e. The Morgan fingerprint density at radius 3 is 0.969 bits per heavy atom. The van der Waals surface area contributed by atoms with Gasteiger partial charge in [-0.2, -0.15) is 4.57 Å². The third-order valence-electron chi connectivity index (χ3n) is 4.35. The molecule has 0 amide bonds. The average Bonchev–Trinajstić information content (AvgIpc) is 2.78. The van der Waals surface area contributed by atoms with Crippen LogP contribution in [0.4, 0.5) is 0 Å². The first-order chi connectivity index (χ1) is 15.5. The summed E-state index contributed by atoms with van der Waals surface area (Å²) < 4.78 is 46.1. The lowest BCUT2D eigenvalue weighted by atomic mass is 10.2. The predicted octanol–water partition coefficient (Wildman–Crippen LogP) is 5.77. The van der Waals surface area contributed by atoms with Crippen LogP contribution < -0.4 is 13.6 Å².